The van der Waals surface area contributed by atoms with E-state index in [-0.39, 0.29) is 25.9 Å². The Bertz CT molecular complexity index is 1190. The highest BCUT2D eigenvalue weighted by Crippen LogP contribution is 2.26. The molecular formula is C32H50N4O11. The summed E-state index contributed by atoms with van der Waals surface area (Å²) in [7, 11) is 0. The minimum absolute atomic E-state index is 0.0817. The zero-order valence-electron chi connectivity index (χ0n) is 27.9. The standard InChI is InChI=1S/C32H50N4O11/c1-7-20(30(43)35-21(28(33)41)13-14-24(39)47-32(4,5)6)34-23(38)17-44-27-25(36-29(42)18(2)3)31(46-22(15-37)26(27)40)45-16-19-11-9-8-10-12-19/h8-12,18,20-22,25-27,31,37,40H,7,13-17H2,1-6H3,(H2,33,41)(H,34,38)(H,35,43)(H,36,42)/t20?,21?,22-,25-,26-,27-,31+/m1/s1. The molecule has 15 nitrogen and oxygen atoms in total. The van der Waals surface area contributed by atoms with Crippen LogP contribution in [-0.2, 0) is 49.5 Å². The van der Waals surface area contributed by atoms with E-state index in [0.717, 1.165) is 5.56 Å². The number of aliphatic hydroxyl groups excluding tert-OH is 2. The van der Waals surface area contributed by atoms with Crippen LogP contribution in [0.15, 0.2) is 30.3 Å². The molecule has 0 radical (unpaired) electrons. The predicted octanol–water partition coefficient (Wildman–Crippen LogP) is -0.206. The third-order valence-corrected chi connectivity index (χ3v) is 7.13. The summed E-state index contributed by atoms with van der Waals surface area (Å²) in [6.45, 7) is 8.90. The van der Waals surface area contributed by atoms with E-state index in [9.17, 15) is 34.2 Å². The lowest BCUT2D eigenvalue weighted by molar-refractivity contribution is -0.279. The molecule has 7 atom stereocenters. The Kier molecular flexibility index (Phi) is 15.7. The van der Waals surface area contributed by atoms with Crippen molar-refractivity contribution >= 4 is 29.6 Å². The largest absolute Gasteiger partial charge is 0.460 e. The van der Waals surface area contributed by atoms with E-state index in [2.05, 4.69) is 16.0 Å². The average Bonchev–Trinajstić information content (AvgIpc) is 3.00. The molecule has 1 aromatic rings. The molecular weight excluding hydrogens is 616 g/mol. The number of nitrogens with one attached hydrogen (secondary N) is 3. The maximum atomic E-state index is 13.0. The molecule has 7 N–H and O–H groups in total. The number of esters is 1. The second-order valence-electron chi connectivity index (χ2n) is 12.6. The van der Waals surface area contributed by atoms with E-state index in [1.807, 2.05) is 30.3 Å². The summed E-state index contributed by atoms with van der Waals surface area (Å²) in [4.78, 5) is 62.7. The Morgan fingerprint density at radius 1 is 1.00 bits per heavy atom. The molecule has 1 aliphatic heterocycles. The number of aliphatic hydroxyl groups is 2. The van der Waals surface area contributed by atoms with Gasteiger partial charge in [0.15, 0.2) is 6.29 Å². The molecule has 0 bridgehead atoms. The number of ether oxygens (including phenoxy) is 4. The topological polar surface area (TPSA) is 225 Å². The molecule has 15 heteroatoms. The summed E-state index contributed by atoms with van der Waals surface area (Å²) in [5, 5.41) is 28.6. The normalized spacial score (nSPS) is 22.5. The van der Waals surface area contributed by atoms with Crippen molar-refractivity contribution in [2.24, 2.45) is 11.7 Å². The van der Waals surface area contributed by atoms with Gasteiger partial charge in [0.25, 0.3) is 0 Å². The molecule has 4 amide bonds. The van der Waals surface area contributed by atoms with Gasteiger partial charge in [-0.05, 0) is 39.2 Å². The van der Waals surface area contributed by atoms with Gasteiger partial charge in [0, 0.05) is 12.3 Å². The van der Waals surface area contributed by atoms with E-state index in [1.165, 1.54) is 0 Å². The number of carbonyl (C=O) groups excluding carboxylic acids is 5. The first-order valence-electron chi connectivity index (χ1n) is 15.7. The van der Waals surface area contributed by atoms with Gasteiger partial charge in [-0.1, -0.05) is 51.1 Å². The van der Waals surface area contributed by atoms with Gasteiger partial charge in [0.05, 0.1) is 13.2 Å². The highest BCUT2D eigenvalue weighted by Gasteiger charge is 2.47. The van der Waals surface area contributed by atoms with Crippen LogP contribution < -0.4 is 21.7 Å². The van der Waals surface area contributed by atoms with Gasteiger partial charge in [0.1, 0.15) is 48.6 Å². The zero-order chi connectivity index (χ0) is 35.3. The molecule has 1 aliphatic rings. The minimum Gasteiger partial charge on any atom is -0.460 e. The Morgan fingerprint density at radius 2 is 1.66 bits per heavy atom. The summed E-state index contributed by atoms with van der Waals surface area (Å²) in [5.41, 5.74) is 5.52. The second kappa shape index (κ2) is 18.6. The number of nitrogens with two attached hydrogens (primary N) is 1. The minimum atomic E-state index is -1.46. The average molecular weight is 667 g/mol. The highest BCUT2D eigenvalue weighted by molar-refractivity contribution is 5.92. The van der Waals surface area contributed by atoms with E-state index < -0.39 is 97.1 Å². The van der Waals surface area contributed by atoms with Crippen LogP contribution in [0.25, 0.3) is 0 Å². The molecule has 1 heterocycles. The summed E-state index contributed by atoms with van der Waals surface area (Å²) in [5.74, 6) is -3.72. The number of carbonyl (C=O) groups is 5. The Balaban J connectivity index is 2.10. The fourth-order valence-corrected chi connectivity index (χ4v) is 4.62. The fraction of sp³-hybridized carbons (Fsp3) is 0.656. The number of hydrogen-bond donors (Lipinski definition) is 6. The number of amides is 4. The van der Waals surface area contributed by atoms with Gasteiger partial charge in [-0.15, -0.1) is 0 Å². The van der Waals surface area contributed by atoms with Crippen LogP contribution in [0.1, 0.15) is 66.4 Å². The molecule has 0 saturated carbocycles. The highest BCUT2D eigenvalue weighted by atomic mass is 16.7. The quantitative estimate of drug-likeness (QED) is 0.119. The molecule has 1 saturated heterocycles. The van der Waals surface area contributed by atoms with E-state index >= 15 is 0 Å². The van der Waals surface area contributed by atoms with Crippen molar-refractivity contribution in [2.75, 3.05) is 13.2 Å². The lowest BCUT2D eigenvalue weighted by Crippen LogP contribution is -2.66. The molecule has 2 rings (SSSR count). The molecule has 2 unspecified atom stereocenters. The summed E-state index contributed by atoms with van der Waals surface area (Å²) < 4.78 is 22.8. The van der Waals surface area contributed by atoms with Crippen LogP contribution in [0.3, 0.4) is 0 Å². The maximum absolute atomic E-state index is 13.0. The molecule has 47 heavy (non-hydrogen) atoms. The summed E-state index contributed by atoms with van der Waals surface area (Å²) in [6.07, 6.45) is -5.18. The van der Waals surface area contributed by atoms with Crippen LogP contribution >= 0.6 is 0 Å². The van der Waals surface area contributed by atoms with Crippen molar-refractivity contribution in [3.8, 4) is 0 Å². The Labute approximate surface area is 275 Å². The summed E-state index contributed by atoms with van der Waals surface area (Å²) >= 11 is 0. The van der Waals surface area contributed by atoms with Crippen molar-refractivity contribution in [1.29, 1.82) is 0 Å². The maximum Gasteiger partial charge on any atom is 0.306 e. The van der Waals surface area contributed by atoms with Crippen molar-refractivity contribution in [3.05, 3.63) is 35.9 Å². The molecule has 0 spiro atoms. The molecule has 0 aromatic heterocycles. The van der Waals surface area contributed by atoms with Gasteiger partial charge >= 0.3 is 5.97 Å². The van der Waals surface area contributed by atoms with Crippen molar-refractivity contribution in [1.82, 2.24) is 16.0 Å². The van der Waals surface area contributed by atoms with E-state index in [4.69, 9.17) is 24.7 Å². The third kappa shape index (κ3) is 13.2. The monoisotopic (exact) mass is 666 g/mol. The van der Waals surface area contributed by atoms with Gasteiger partial charge in [-0.2, -0.15) is 0 Å². The van der Waals surface area contributed by atoms with Crippen LogP contribution in [0.5, 0.6) is 0 Å². The number of benzene rings is 1. The third-order valence-electron chi connectivity index (χ3n) is 7.13. The number of rotatable bonds is 17. The zero-order valence-corrected chi connectivity index (χ0v) is 27.9. The van der Waals surface area contributed by atoms with Crippen molar-refractivity contribution in [3.63, 3.8) is 0 Å². The predicted molar refractivity (Wildman–Crippen MR) is 168 cm³/mol. The Hall–Kier alpha value is -3.63. The molecule has 1 aromatic carbocycles. The lowest BCUT2D eigenvalue weighted by Gasteiger charge is -2.44. The van der Waals surface area contributed by atoms with Crippen molar-refractivity contribution in [2.45, 2.75) is 116 Å². The summed E-state index contributed by atoms with van der Waals surface area (Å²) in [6, 6.07) is 5.78. The number of hydrogen-bond acceptors (Lipinski definition) is 11. The lowest BCUT2D eigenvalue weighted by atomic mass is 9.96. The van der Waals surface area contributed by atoms with Gasteiger partial charge < -0.3 is 50.8 Å². The van der Waals surface area contributed by atoms with Gasteiger partial charge in [-0.3, -0.25) is 24.0 Å². The first-order chi connectivity index (χ1) is 22.1. The molecule has 1 fully saturated rings. The van der Waals surface area contributed by atoms with E-state index in [0.29, 0.717) is 0 Å². The molecule has 264 valence electrons. The van der Waals surface area contributed by atoms with Gasteiger partial charge in [0.2, 0.25) is 23.6 Å². The SMILES string of the molecule is CCC(NC(=O)CO[C@H]1[C@H](O)[C@@H](CO)O[C@H](OCc2ccccc2)[C@@H]1NC(=O)C(C)C)C(=O)NC(CCC(=O)OC(C)(C)C)C(N)=O. The Morgan fingerprint density at radius 3 is 2.21 bits per heavy atom. The van der Waals surface area contributed by atoms with Crippen molar-refractivity contribution < 1.29 is 53.1 Å². The fourth-order valence-electron chi connectivity index (χ4n) is 4.62. The van der Waals surface area contributed by atoms with Crippen LogP contribution in [0, 0.1) is 5.92 Å². The van der Waals surface area contributed by atoms with E-state index in [1.54, 1.807) is 41.5 Å². The second-order valence-corrected chi connectivity index (χ2v) is 12.6. The smallest absolute Gasteiger partial charge is 0.306 e. The van der Waals surface area contributed by atoms with Crippen LogP contribution in [-0.4, -0.2) is 101 Å². The van der Waals surface area contributed by atoms with Crippen LogP contribution in [0.4, 0.5) is 0 Å². The van der Waals surface area contributed by atoms with Crippen LogP contribution in [0.2, 0.25) is 0 Å². The first kappa shape index (κ1) is 39.5. The molecule has 0 aliphatic carbocycles. The number of primary amides is 1. The van der Waals surface area contributed by atoms with Gasteiger partial charge in [-0.25, -0.2) is 0 Å². The first-order valence-corrected chi connectivity index (χ1v) is 15.7.